The topological polar surface area (TPSA) is 46.1 Å². The lowest BCUT2D eigenvalue weighted by Gasteiger charge is -2.31. The Morgan fingerprint density at radius 1 is 1.17 bits per heavy atom. The van der Waals surface area contributed by atoms with Gasteiger partial charge in [-0.2, -0.15) is 0 Å². The first kappa shape index (κ1) is 20.0. The quantitative estimate of drug-likeness (QED) is 0.510. The van der Waals surface area contributed by atoms with E-state index in [-0.39, 0.29) is 0 Å². The van der Waals surface area contributed by atoms with Crippen molar-refractivity contribution in [1.82, 2.24) is 9.97 Å². The molecular formula is C24H29N3OS. The molecule has 0 amide bonds. The standard InChI is InChI=1S/C24H29N3OS/c1-17(2)20-6-3-19(4-7-20)15-22(28)8-5-18-9-12-27(13-10-18)24-25-16-21-11-14-29-23(21)26-24/h3-4,6-7,11,14,16-18H,5,8-10,12-13,15H2,1-2H3. The van der Waals surface area contributed by atoms with Gasteiger partial charge >= 0.3 is 0 Å². The van der Waals surface area contributed by atoms with E-state index in [2.05, 4.69) is 59.4 Å². The van der Waals surface area contributed by atoms with Gasteiger partial charge in [0.25, 0.3) is 0 Å². The summed E-state index contributed by atoms with van der Waals surface area (Å²) in [4.78, 5) is 25.0. The molecule has 3 aromatic rings. The molecular weight excluding hydrogens is 378 g/mol. The number of anilines is 1. The van der Waals surface area contributed by atoms with E-state index in [1.807, 2.05) is 6.20 Å². The van der Waals surface area contributed by atoms with Gasteiger partial charge in [-0.25, -0.2) is 9.97 Å². The number of nitrogens with zero attached hydrogens (tertiary/aromatic N) is 3. The normalized spacial score (nSPS) is 15.3. The number of benzene rings is 1. The van der Waals surface area contributed by atoms with Crippen LogP contribution < -0.4 is 4.90 Å². The number of carbonyl (C=O) groups excluding carboxylic acids is 1. The lowest BCUT2D eigenvalue weighted by atomic mass is 9.90. The highest BCUT2D eigenvalue weighted by molar-refractivity contribution is 7.16. The van der Waals surface area contributed by atoms with E-state index >= 15 is 0 Å². The van der Waals surface area contributed by atoms with Crippen molar-refractivity contribution < 1.29 is 4.79 Å². The average Bonchev–Trinajstić information content (AvgIpc) is 3.21. The zero-order chi connectivity index (χ0) is 20.2. The Labute approximate surface area is 177 Å². The minimum atomic E-state index is 0.358. The second kappa shape index (κ2) is 9.04. The number of hydrogen-bond donors (Lipinski definition) is 0. The van der Waals surface area contributed by atoms with Crippen molar-refractivity contribution in [2.75, 3.05) is 18.0 Å². The highest BCUT2D eigenvalue weighted by Gasteiger charge is 2.22. The molecule has 1 fully saturated rings. The van der Waals surface area contributed by atoms with Crippen LogP contribution in [-0.2, 0) is 11.2 Å². The first-order chi connectivity index (χ1) is 14.1. The minimum Gasteiger partial charge on any atom is -0.341 e. The number of hydrogen-bond acceptors (Lipinski definition) is 5. The fraction of sp³-hybridized carbons (Fsp3) is 0.458. The molecule has 0 radical (unpaired) electrons. The maximum atomic E-state index is 12.4. The largest absolute Gasteiger partial charge is 0.341 e. The summed E-state index contributed by atoms with van der Waals surface area (Å²) in [7, 11) is 0. The highest BCUT2D eigenvalue weighted by Crippen LogP contribution is 2.26. The third-order valence-electron chi connectivity index (χ3n) is 5.97. The number of ketones is 1. The van der Waals surface area contributed by atoms with Crippen molar-refractivity contribution in [1.29, 1.82) is 0 Å². The Morgan fingerprint density at radius 2 is 1.93 bits per heavy atom. The molecule has 3 heterocycles. The lowest BCUT2D eigenvalue weighted by Crippen LogP contribution is -2.35. The molecule has 2 aromatic heterocycles. The van der Waals surface area contributed by atoms with Crippen LogP contribution in [0, 0.1) is 5.92 Å². The van der Waals surface area contributed by atoms with Crippen molar-refractivity contribution in [3.05, 3.63) is 53.0 Å². The number of carbonyl (C=O) groups is 1. The van der Waals surface area contributed by atoms with Crippen LogP contribution in [0.4, 0.5) is 5.95 Å². The zero-order valence-electron chi connectivity index (χ0n) is 17.3. The lowest BCUT2D eigenvalue weighted by molar-refractivity contribution is -0.118. The third-order valence-corrected chi connectivity index (χ3v) is 6.79. The molecule has 1 aliphatic heterocycles. The van der Waals surface area contributed by atoms with E-state index in [1.165, 1.54) is 5.56 Å². The molecule has 1 aromatic carbocycles. The van der Waals surface area contributed by atoms with Crippen molar-refractivity contribution in [2.45, 2.75) is 51.9 Å². The predicted octanol–water partition coefficient (Wildman–Crippen LogP) is 5.62. The Balaban J connectivity index is 1.22. The maximum absolute atomic E-state index is 12.4. The number of aromatic nitrogens is 2. The van der Waals surface area contributed by atoms with Crippen molar-refractivity contribution >= 4 is 33.3 Å². The van der Waals surface area contributed by atoms with Crippen LogP contribution >= 0.6 is 11.3 Å². The van der Waals surface area contributed by atoms with E-state index < -0.39 is 0 Å². The molecule has 0 aliphatic carbocycles. The van der Waals surface area contributed by atoms with Gasteiger partial charge in [-0.05, 0) is 53.7 Å². The summed E-state index contributed by atoms with van der Waals surface area (Å²) >= 11 is 1.66. The van der Waals surface area contributed by atoms with Crippen LogP contribution in [0.5, 0.6) is 0 Å². The van der Waals surface area contributed by atoms with E-state index in [0.717, 1.165) is 54.1 Å². The smallest absolute Gasteiger partial charge is 0.226 e. The van der Waals surface area contributed by atoms with E-state index in [4.69, 9.17) is 4.98 Å². The fourth-order valence-electron chi connectivity index (χ4n) is 4.02. The van der Waals surface area contributed by atoms with Crippen LogP contribution in [0.2, 0.25) is 0 Å². The molecule has 1 aliphatic rings. The molecule has 0 N–H and O–H groups in total. The molecule has 4 nitrogen and oxygen atoms in total. The third kappa shape index (κ3) is 5.02. The van der Waals surface area contributed by atoms with Gasteiger partial charge in [-0.3, -0.25) is 4.79 Å². The molecule has 4 rings (SSSR count). The number of rotatable bonds is 7. The Morgan fingerprint density at radius 3 is 2.66 bits per heavy atom. The first-order valence-electron chi connectivity index (χ1n) is 10.6. The van der Waals surface area contributed by atoms with Crippen molar-refractivity contribution in [2.24, 2.45) is 5.92 Å². The van der Waals surface area contributed by atoms with Crippen LogP contribution in [0.25, 0.3) is 10.2 Å². The summed E-state index contributed by atoms with van der Waals surface area (Å²) in [6.07, 6.45) is 6.40. The maximum Gasteiger partial charge on any atom is 0.226 e. The predicted molar refractivity (Wildman–Crippen MR) is 121 cm³/mol. The minimum absolute atomic E-state index is 0.358. The highest BCUT2D eigenvalue weighted by atomic mass is 32.1. The second-order valence-corrected chi connectivity index (χ2v) is 9.33. The van der Waals surface area contributed by atoms with E-state index in [0.29, 0.717) is 30.5 Å². The molecule has 0 bridgehead atoms. The molecule has 1 saturated heterocycles. The Hall–Kier alpha value is -2.27. The van der Waals surface area contributed by atoms with E-state index in [9.17, 15) is 4.79 Å². The van der Waals surface area contributed by atoms with E-state index in [1.54, 1.807) is 11.3 Å². The van der Waals surface area contributed by atoms with Crippen molar-refractivity contribution in [3.63, 3.8) is 0 Å². The van der Waals surface area contributed by atoms with Crippen LogP contribution in [0.3, 0.4) is 0 Å². The van der Waals surface area contributed by atoms with Gasteiger partial charge in [-0.15, -0.1) is 11.3 Å². The van der Waals surface area contributed by atoms with Gasteiger partial charge in [0, 0.05) is 37.5 Å². The monoisotopic (exact) mass is 407 g/mol. The fourth-order valence-corrected chi connectivity index (χ4v) is 4.76. The van der Waals surface area contributed by atoms with Gasteiger partial charge in [-0.1, -0.05) is 38.1 Å². The van der Waals surface area contributed by atoms with Gasteiger partial charge in [0.1, 0.15) is 10.6 Å². The average molecular weight is 408 g/mol. The molecule has 5 heteroatoms. The number of piperidine rings is 1. The zero-order valence-corrected chi connectivity index (χ0v) is 18.1. The van der Waals surface area contributed by atoms with Gasteiger partial charge in [0.2, 0.25) is 5.95 Å². The van der Waals surface area contributed by atoms with Gasteiger partial charge in [0.05, 0.1) is 0 Å². The molecule has 152 valence electrons. The van der Waals surface area contributed by atoms with Crippen LogP contribution in [-0.4, -0.2) is 28.8 Å². The summed E-state index contributed by atoms with van der Waals surface area (Å²) < 4.78 is 0. The SMILES string of the molecule is CC(C)c1ccc(CC(=O)CCC2CCN(c3ncc4ccsc4n3)CC2)cc1. The Bertz CT molecular complexity index is 956. The molecule has 0 spiro atoms. The van der Waals surface area contributed by atoms with Crippen LogP contribution in [0.1, 0.15) is 56.6 Å². The molecule has 29 heavy (non-hydrogen) atoms. The van der Waals surface area contributed by atoms with Gasteiger partial charge < -0.3 is 4.90 Å². The summed E-state index contributed by atoms with van der Waals surface area (Å²) in [5, 5.41) is 3.18. The number of thiophene rings is 1. The summed E-state index contributed by atoms with van der Waals surface area (Å²) in [6.45, 7) is 6.34. The molecule has 0 unspecified atom stereocenters. The van der Waals surface area contributed by atoms with Gasteiger partial charge in [0.15, 0.2) is 0 Å². The van der Waals surface area contributed by atoms with Crippen LogP contribution in [0.15, 0.2) is 41.9 Å². The molecule has 0 atom stereocenters. The number of fused-ring (bicyclic) bond motifs is 1. The summed E-state index contributed by atoms with van der Waals surface area (Å²) in [6, 6.07) is 10.6. The first-order valence-corrected chi connectivity index (χ1v) is 11.5. The Kier molecular flexibility index (Phi) is 6.24. The van der Waals surface area contributed by atoms with Crippen molar-refractivity contribution in [3.8, 4) is 0 Å². The summed E-state index contributed by atoms with van der Waals surface area (Å²) in [5.74, 6) is 2.36. The number of Topliss-reactive ketones (excluding diaryl/α,β-unsaturated/α-hetero) is 1. The second-order valence-electron chi connectivity index (χ2n) is 8.43. The summed E-state index contributed by atoms with van der Waals surface area (Å²) in [5.41, 5.74) is 2.46. The molecule has 0 saturated carbocycles.